The lowest BCUT2D eigenvalue weighted by molar-refractivity contribution is -0.137. The Hall–Kier alpha value is -3.59. The van der Waals surface area contributed by atoms with Crippen molar-refractivity contribution < 1.29 is 18.0 Å². The molecule has 6 heteroatoms. The minimum Gasteiger partial charge on any atom is -0.326 e. The van der Waals surface area contributed by atoms with Crippen LogP contribution < -0.4 is 5.32 Å². The van der Waals surface area contributed by atoms with Crippen molar-refractivity contribution in [3.63, 3.8) is 0 Å². The highest BCUT2D eigenvalue weighted by Gasteiger charge is 2.30. The monoisotopic (exact) mass is 380 g/mol. The van der Waals surface area contributed by atoms with Crippen LogP contribution in [0.25, 0.3) is 0 Å². The van der Waals surface area contributed by atoms with E-state index in [1.54, 1.807) is 36.7 Å². The fourth-order valence-electron chi connectivity index (χ4n) is 2.50. The first-order valence-corrected chi connectivity index (χ1v) is 8.38. The predicted molar refractivity (Wildman–Crippen MR) is 100 cm³/mol. The smallest absolute Gasteiger partial charge is 0.326 e. The number of alkyl halides is 3. The number of carbonyl (C=O) groups is 1. The molecule has 28 heavy (non-hydrogen) atoms. The first-order chi connectivity index (χ1) is 13.4. The van der Waals surface area contributed by atoms with Gasteiger partial charge in [0.05, 0.1) is 12.0 Å². The second kappa shape index (κ2) is 8.40. The summed E-state index contributed by atoms with van der Waals surface area (Å²) in [6, 6.07) is 15.3. The molecule has 0 unspecified atom stereocenters. The molecule has 0 spiro atoms. The van der Waals surface area contributed by atoms with Crippen LogP contribution in [0.5, 0.6) is 0 Å². The van der Waals surface area contributed by atoms with Gasteiger partial charge < -0.3 is 5.32 Å². The number of hydrogen-bond acceptors (Lipinski definition) is 2. The Labute approximate surface area is 160 Å². The summed E-state index contributed by atoms with van der Waals surface area (Å²) in [5.41, 5.74) is 1.51. The average Bonchev–Trinajstić information content (AvgIpc) is 2.67. The van der Waals surface area contributed by atoms with Gasteiger partial charge in [0, 0.05) is 29.2 Å². The van der Waals surface area contributed by atoms with E-state index < -0.39 is 17.6 Å². The number of pyridine rings is 1. The van der Waals surface area contributed by atoms with Crippen molar-refractivity contribution in [2.24, 2.45) is 0 Å². The number of benzene rings is 2. The fourth-order valence-corrected chi connectivity index (χ4v) is 2.50. The zero-order chi connectivity index (χ0) is 20.0. The normalized spacial score (nSPS) is 10.7. The molecule has 0 saturated heterocycles. The van der Waals surface area contributed by atoms with Gasteiger partial charge in [-0.2, -0.15) is 13.2 Å². The van der Waals surface area contributed by atoms with E-state index in [1.165, 1.54) is 12.1 Å². The van der Waals surface area contributed by atoms with Gasteiger partial charge in [-0.05, 0) is 48.0 Å². The number of nitrogens with one attached hydrogen (secondary N) is 1. The molecule has 1 heterocycles. The van der Waals surface area contributed by atoms with Gasteiger partial charge in [0.1, 0.15) is 0 Å². The van der Waals surface area contributed by atoms with E-state index in [-0.39, 0.29) is 12.1 Å². The quantitative estimate of drug-likeness (QED) is 0.671. The van der Waals surface area contributed by atoms with Crippen LogP contribution in [0.4, 0.5) is 18.9 Å². The van der Waals surface area contributed by atoms with Crippen LogP contribution in [0, 0.1) is 11.8 Å². The third-order valence-electron chi connectivity index (χ3n) is 3.78. The van der Waals surface area contributed by atoms with Gasteiger partial charge in [0.25, 0.3) is 0 Å². The van der Waals surface area contributed by atoms with E-state index in [0.29, 0.717) is 5.56 Å². The minimum atomic E-state index is -4.46. The maximum Gasteiger partial charge on any atom is 0.416 e. The van der Waals surface area contributed by atoms with Gasteiger partial charge in [-0.1, -0.05) is 30.0 Å². The molecule has 3 nitrogen and oxygen atoms in total. The number of hydrogen-bond donors (Lipinski definition) is 1. The van der Waals surface area contributed by atoms with Crippen molar-refractivity contribution in [2.75, 3.05) is 5.32 Å². The largest absolute Gasteiger partial charge is 0.416 e. The molecule has 0 aliphatic rings. The average molecular weight is 380 g/mol. The van der Waals surface area contributed by atoms with Crippen LogP contribution in [-0.2, 0) is 17.4 Å². The first-order valence-electron chi connectivity index (χ1n) is 8.38. The maximum absolute atomic E-state index is 12.8. The van der Waals surface area contributed by atoms with Crippen molar-refractivity contribution >= 4 is 11.6 Å². The zero-order valence-electron chi connectivity index (χ0n) is 14.6. The summed E-state index contributed by atoms with van der Waals surface area (Å²) in [5, 5.41) is 2.50. The van der Waals surface area contributed by atoms with E-state index in [9.17, 15) is 18.0 Å². The molecule has 1 N–H and O–H groups in total. The summed E-state index contributed by atoms with van der Waals surface area (Å²) in [4.78, 5) is 16.2. The number of aromatic nitrogens is 1. The minimum absolute atomic E-state index is 0.0264. The van der Waals surface area contributed by atoms with Crippen LogP contribution in [0.1, 0.15) is 22.3 Å². The number of nitrogens with zero attached hydrogens (tertiary/aromatic N) is 1. The third-order valence-corrected chi connectivity index (χ3v) is 3.78. The summed E-state index contributed by atoms with van der Waals surface area (Å²) in [6.45, 7) is 0. The molecular weight excluding hydrogens is 365 g/mol. The third kappa shape index (κ3) is 5.45. The predicted octanol–water partition coefficient (Wildman–Crippen LogP) is 4.68. The number of anilines is 1. The molecule has 0 atom stereocenters. The number of halogens is 3. The van der Waals surface area contributed by atoms with Crippen molar-refractivity contribution in [3.8, 4) is 11.8 Å². The highest BCUT2D eigenvalue weighted by molar-refractivity contribution is 5.92. The maximum atomic E-state index is 12.8. The topological polar surface area (TPSA) is 42.0 Å². The molecule has 0 aliphatic heterocycles. The molecule has 1 aromatic heterocycles. The lowest BCUT2D eigenvalue weighted by Gasteiger charge is -2.10. The standard InChI is InChI=1S/C22H15F3N2O/c23-22(24,25)19-7-2-8-20(14-19)27-21(28)13-18-5-1-4-16(12-18)9-10-17-6-3-11-26-15-17/h1-8,11-12,14-15H,13H2,(H,27,28). The van der Waals surface area contributed by atoms with Gasteiger partial charge in [-0.15, -0.1) is 0 Å². The van der Waals surface area contributed by atoms with E-state index >= 15 is 0 Å². The fraction of sp³-hybridized carbons (Fsp3) is 0.0909. The molecule has 0 aliphatic carbocycles. The summed E-state index contributed by atoms with van der Waals surface area (Å²) in [6.07, 6.45) is -1.12. The molecule has 0 bridgehead atoms. The molecular formula is C22H15F3N2O. The molecule has 3 rings (SSSR count). The van der Waals surface area contributed by atoms with Crippen molar-refractivity contribution in [2.45, 2.75) is 12.6 Å². The van der Waals surface area contributed by atoms with Gasteiger partial charge in [0.2, 0.25) is 5.91 Å². The van der Waals surface area contributed by atoms with E-state index in [1.807, 2.05) is 12.1 Å². The van der Waals surface area contributed by atoms with E-state index in [4.69, 9.17) is 0 Å². The summed E-state index contributed by atoms with van der Waals surface area (Å²) < 4.78 is 38.3. The molecule has 0 radical (unpaired) electrons. The molecule has 3 aromatic rings. The number of amides is 1. The highest BCUT2D eigenvalue weighted by Crippen LogP contribution is 2.30. The summed E-state index contributed by atoms with van der Waals surface area (Å²) in [5.74, 6) is 5.58. The molecule has 2 aromatic carbocycles. The first kappa shape index (κ1) is 19.2. The molecule has 0 fully saturated rings. The Morgan fingerprint density at radius 1 is 0.964 bits per heavy atom. The van der Waals surface area contributed by atoms with Crippen molar-refractivity contribution in [1.82, 2.24) is 4.98 Å². The van der Waals surface area contributed by atoms with Crippen molar-refractivity contribution in [1.29, 1.82) is 0 Å². The molecule has 0 saturated carbocycles. The van der Waals surface area contributed by atoms with Crippen LogP contribution in [0.2, 0.25) is 0 Å². The number of carbonyl (C=O) groups excluding carboxylic acids is 1. The lowest BCUT2D eigenvalue weighted by atomic mass is 10.1. The van der Waals surface area contributed by atoms with Crippen LogP contribution in [0.3, 0.4) is 0 Å². The SMILES string of the molecule is O=C(Cc1cccc(C#Cc2cccnc2)c1)Nc1cccc(C(F)(F)F)c1. The van der Waals surface area contributed by atoms with Crippen molar-refractivity contribution in [3.05, 3.63) is 95.3 Å². The molecule has 140 valence electrons. The van der Waals surface area contributed by atoms with Gasteiger partial charge in [-0.25, -0.2) is 0 Å². The van der Waals surface area contributed by atoms with Gasteiger partial charge in [0.15, 0.2) is 0 Å². The Bertz CT molecular complexity index is 1030. The molecule has 1 amide bonds. The van der Waals surface area contributed by atoms with Gasteiger partial charge in [-0.3, -0.25) is 9.78 Å². The van der Waals surface area contributed by atoms with Crippen LogP contribution in [-0.4, -0.2) is 10.9 Å². The Kier molecular flexibility index (Phi) is 5.75. The Morgan fingerprint density at radius 2 is 1.71 bits per heavy atom. The lowest BCUT2D eigenvalue weighted by Crippen LogP contribution is -2.15. The second-order valence-corrected chi connectivity index (χ2v) is 6.00. The highest BCUT2D eigenvalue weighted by atomic mass is 19.4. The van der Waals surface area contributed by atoms with E-state index in [2.05, 4.69) is 22.1 Å². The van der Waals surface area contributed by atoms with E-state index in [0.717, 1.165) is 23.3 Å². The number of rotatable bonds is 3. The van der Waals surface area contributed by atoms with Crippen LogP contribution in [0.15, 0.2) is 73.1 Å². The Balaban J connectivity index is 1.67. The van der Waals surface area contributed by atoms with Gasteiger partial charge >= 0.3 is 6.18 Å². The van der Waals surface area contributed by atoms with Crippen LogP contribution >= 0.6 is 0 Å². The summed E-state index contributed by atoms with van der Waals surface area (Å²) in [7, 11) is 0. The summed E-state index contributed by atoms with van der Waals surface area (Å²) >= 11 is 0. The second-order valence-electron chi connectivity index (χ2n) is 6.00. The Morgan fingerprint density at radius 3 is 2.46 bits per heavy atom. The zero-order valence-corrected chi connectivity index (χ0v) is 14.6.